The average molecular weight is 190 g/mol. The molecule has 0 fully saturated rings. The summed E-state index contributed by atoms with van der Waals surface area (Å²) in [5, 5.41) is 13.0. The summed E-state index contributed by atoms with van der Waals surface area (Å²) >= 11 is 0. The number of aliphatic carboxylic acids is 1. The molecule has 0 radical (unpaired) electrons. The Morgan fingerprint density at radius 1 is 1.43 bits per heavy atom. The number of hydrogen-bond acceptors (Lipinski definition) is 3. The molecule has 14 heavy (non-hydrogen) atoms. The zero-order chi connectivity index (χ0) is 10.1. The van der Waals surface area contributed by atoms with Crippen molar-refractivity contribution in [3.05, 3.63) is 35.4 Å². The Hall–Kier alpha value is -1.84. The zero-order valence-corrected chi connectivity index (χ0v) is 7.32. The van der Waals surface area contributed by atoms with Crippen molar-refractivity contribution in [3.8, 4) is 0 Å². The Labute approximate surface area is 80.6 Å². The lowest BCUT2D eigenvalue weighted by Crippen LogP contribution is -2.51. The minimum absolute atomic E-state index is 0.296. The number of fused-ring (bicyclic) bond motifs is 1. The summed E-state index contributed by atoms with van der Waals surface area (Å²) in [5.41, 5.74) is 1.30. The summed E-state index contributed by atoms with van der Waals surface area (Å²) in [6.07, 6.45) is 0.296. The van der Waals surface area contributed by atoms with Crippen LogP contribution in [0.3, 0.4) is 0 Å². The fourth-order valence-electron chi connectivity index (χ4n) is 1.57. The van der Waals surface area contributed by atoms with E-state index in [1.165, 1.54) is 0 Å². The van der Waals surface area contributed by atoms with E-state index in [2.05, 4.69) is 5.32 Å². The van der Waals surface area contributed by atoms with Crippen molar-refractivity contribution < 1.29 is 14.7 Å². The number of carboxylic acid groups (broad SMARTS) is 1. The molecular weight excluding hydrogens is 182 g/mol. The van der Waals surface area contributed by atoms with Crippen molar-refractivity contribution in [1.29, 1.82) is 0 Å². The van der Waals surface area contributed by atoms with Gasteiger partial charge in [0.2, 0.25) is 0 Å². The zero-order valence-electron chi connectivity index (χ0n) is 7.32. The molecule has 1 aromatic carbocycles. The van der Waals surface area contributed by atoms with Crippen LogP contribution in [0.1, 0.15) is 15.9 Å². The maximum absolute atomic E-state index is 11.4. The molecule has 1 atom stereocenters. The van der Waals surface area contributed by atoms with Gasteiger partial charge in [-0.1, -0.05) is 18.2 Å². The Bertz CT molecular complexity index is 400. The van der Waals surface area contributed by atoms with Crippen LogP contribution in [0.25, 0.3) is 0 Å². The first-order valence-electron chi connectivity index (χ1n) is 4.28. The molecule has 0 saturated heterocycles. The predicted molar refractivity (Wildman–Crippen MR) is 46.4 cm³/mol. The maximum Gasteiger partial charge on any atom is 0.252 e. The van der Waals surface area contributed by atoms with Gasteiger partial charge in [0.25, 0.3) is 5.91 Å². The van der Waals surface area contributed by atoms with Gasteiger partial charge in [-0.25, -0.2) is 0 Å². The second-order valence-corrected chi connectivity index (χ2v) is 3.21. The molecule has 1 aromatic rings. The predicted octanol–water partition coefficient (Wildman–Crippen LogP) is -0.909. The van der Waals surface area contributed by atoms with Crippen LogP contribution in [-0.4, -0.2) is 17.9 Å². The lowest BCUT2D eigenvalue weighted by Gasteiger charge is -2.25. The summed E-state index contributed by atoms with van der Waals surface area (Å²) < 4.78 is 0. The van der Waals surface area contributed by atoms with E-state index in [0.29, 0.717) is 12.0 Å². The highest BCUT2D eigenvalue weighted by Crippen LogP contribution is 2.15. The fourth-order valence-corrected chi connectivity index (χ4v) is 1.57. The van der Waals surface area contributed by atoms with Gasteiger partial charge in [0, 0.05) is 5.56 Å². The first-order valence-corrected chi connectivity index (χ1v) is 4.28. The van der Waals surface area contributed by atoms with Crippen molar-refractivity contribution in [2.45, 2.75) is 12.5 Å². The molecule has 0 saturated carbocycles. The van der Waals surface area contributed by atoms with Gasteiger partial charge in [0.15, 0.2) is 0 Å². The van der Waals surface area contributed by atoms with Crippen molar-refractivity contribution in [2.75, 3.05) is 0 Å². The highest BCUT2D eigenvalue weighted by molar-refractivity contribution is 5.99. The first kappa shape index (κ1) is 8.74. The van der Waals surface area contributed by atoms with Gasteiger partial charge < -0.3 is 15.2 Å². The molecule has 0 spiro atoms. The van der Waals surface area contributed by atoms with E-state index in [9.17, 15) is 14.7 Å². The summed E-state index contributed by atoms with van der Waals surface area (Å²) in [6, 6.07) is 6.05. The van der Waals surface area contributed by atoms with Crippen LogP contribution in [-0.2, 0) is 11.2 Å². The summed E-state index contributed by atoms with van der Waals surface area (Å²) in [4.78, 5) is 22.0. The van der Waals surface area contributed by atoms with Crippen LogP contribution >= 0.6 is 0 Å². The van der Waals surface area contributed by atoms with Crippen molar-refractivity contribution in [3.63, 3.8) is 0 Å². The number of nitrogens with one attached hydrogen (secondary N) is 1. The largest absolute Gasteiger partial charge is 0.548 e. The highest BCUT2D eigenvalue weighted by Gasteiger charge is 2.23. The van der Waals surface area contributed by atoms with E-state index >= 15 is 0 Å². The Morgan fingerprint density at radius 2 is 2.14 bits per heavy atom. The quantitative estimate of drug-likeness (QED) is 0.623. The smallest absolute Gasteiger partial charge is 0.252 e. The van der Waals surface area contributed by atoms with Gasteiger partial charge in [-0.15, -0.1) is 0 Å². The SMILES string of the molecule is O=C1N[C@H](C(=O)[O-])Cc2ccccc21. The van der Waals surface area contributed by atoms with Crippen LogP contribution in [0, 0.1) is 0 Å². The number of carbonyl (C=O) groups excluding carboxylic acids is 2. The van der Waals surface area contributed by atoms with Gasteiger partial charge in [0.05, 0.1) is 12.0 Å². The molecule has 72 valence electrons. The maximum atomic E-state index is 11.4. The lowest BCUT2D eigenvalue weighted by molar-refractivity contribution is -0.308. The fraction of sp³-hybridized carbons (Fsp3) is 0.200. The van der Waals surface area contributed by atoms with Crippen molar-refractivity contribution >= 4 is 11.9 Å². The molecule has 0 aliphatic carbocycles. The molecular formula is C10H8NO3-. The average Bonchev–Trinajstić information content (AvgIpc) is 2.17. The molecule has 4 nitrogen and oxygen atoms in total. The van der Waals surface area contributed by atoms with Gasteiger partial charge in [-0.3, -0.25) is 4.79 Å². The monoisotopic (exact) mass is 190 g/mol. The van der Waals surface area contributed by atoms with Crippen LogP contribution in [0.2, 0.25) is 0 Å². The highest BCUT2D eigenvalue weighted by atomic mass is 16.4. The number of carboxylic acids is 1. The summed E-state index contributed by atoms with van der Waals surface area (Å²) in [5.74, 6) is -1.59. The molecule has 0 unspecified atom stereocenters. The molecule has 4 heteroatoms. The minimum Gasteiger partial charge on any atom is -0.548 e. The second-order valence-electron chi connectivity index (χ2n) is 3.21. The molecule has 0 bridgehead atoms. The van der Waals surface area contributed by atoms with Gasteiger partial charge in [-0.2, -0.15) is 0 Å². The topological polar surface area (TPSA) is 69.2 Å². The van der Waals surface area contributed by atoms with E-state index in [1.807, 2.05) is 0 Å². The normalized spacial score (nSPS) is 19.7. The van der Waals surface area contributed by atoms with Crippen molar-refractivity contribution in [1.82, 2.24) is 5.32 Å². The summed E-state index contributed by atoms with van der Waals surface area (Å²) in [6.45, 7) is 0. The molecule has 1 N–H and O–H groups in total. The Kier molecular flexibility index (Phi) is 1.96. The van der Waals surface area contributed by atoms with Crippen LogP contribution in [0.5, 0.6) is 0 Å². The van der Waals surface area contributed by atoms with E-state index in [0.717, 1.165) is 5.56 Å². The van der Waals surface area contributed by atoms with E-state index in [-0.39, 0.29) is 5.91 Å². The van der Waals surface area contributed by atoms with Crippen molar-refractivity contribution in [2.24, 2.45) is 0 Å². The number of rotatable bonds is 1. The third-order valence-electron chi connectivity index (χ3n) is 2.28. The molecule has 2 rings (SSSR count). The third-order valence-corrected chi connectivity index (χ3v) is 2.28. The second kappa shape index (κ2) is 3.14. The van der Waals surface area contributed by atoms with Gasteiger partial charge in [0.1, 0.15) is 0 Å². The molecule has 0 aromatic heterocycles. The molecule has 1 amide bonds. The van der Waals surface area contributed by atoms with Crippen LogP contribution in [0.4, 0.5) is 0 Å². The lowest BCUT2D eigenvalue weighted by atomic mass is 9.95. The first-order chi connectivity index (χ1) is 6.68. The molecule has 1 heterocycles. The molecule has 1 aliphatic heterocycles. The summed E-state index contributed by atoms with van der Waals surface area (Å²) in [7, 11) is 0. The van der Waals surface area contributed by atoms with E-state index in [1.54, 1.807) is 24.3 Å². The Morgan fingerprint density at radius 3 is 2.86 bits per heavy atom. The van der Waals surface area contributed by atoms with Gasteiger partial charge in [-0.05, 0) is 18.1 Å². The Balaban J connectivity index is 2.38. The number of hydrogen-bond donors (Lipinski definition) is 1. The van der Waals surface area contributed by atoms with E-state index < -0.39 is 12.0 Å². The van der Waals surface area contributed by atoms with E-state index in [4.69, 9.17) is 0 Å². The third kappa shape index (κ3) is 1.35. The minimum atomic E-state index is -1.24. The molecule has 1 aliphatic rings. The standard InChI is InChI=1S/C10H9NO3/c12-9-7-4-2-1-3-6(7)5-8(11-9)10(13)14/h1-4,8H,5H2,(H,11,12)(H,13,14)/p-1/t8-/m0/s1. The van der Waals surface area contributed by atoms with Gasteiger partial charge >= 0.3 is 0 Å². The number of carbonyl (C=O) groups is 2. The van der Waals surface area contributed by atoms with Crippen LogP contribution in [0.15, 0.2) is 24.3 Å². The number of amides is 1. The number of benzene rings is 1. The van der Waals surface area contributed by atoms with Crippen LogP contribution < -0.4 is 10.4 Å².